The second kappa shape index (κ2) is 9.31. The minimum atomic E-state index is -0.0976. The van der Waals surface area contributed by atoms with Crippen molar-refractivity contribution in [2.75, 3.05) is 18.1 Å². The number of hydrogen-bond acceptors (Lipinski definition) is 5. The van der Waals surface area contributed by atoms with E-state index in [9.17, 15) is 4.79 Å². The van der Waals surface area contributed by atoms with Gasteiger partial charge in [-0.3, -0.25) is 9.69 Å². The number of carbonyl (C=O) groups is 1. The van der Waals surface area contributed by atoms with Crippen LogP contribution in [0.3, 0.4) is 0 Å². The van der Waals surface area contributed by atoms with Gasteiger partial charge < -0.3 is 9.30 Å². The lowest BCUT2D eigenvalue weighted by Gasteiger charge is -2.20. The lowest BCUT2D eigenvalue weighted by molar-refractivity contribution is -0.120. The standard InChI is InChI=1S/C24H26N4O2S/c1-17-5-7-20(8-6-17)30-15-22(29)28(11-4-10-27-12-9-25-16-27)24-26-21-14-18(2)13-19(3)23(21)31-24/h5-9,12-14,16H,4,10-11,15H2,1-3H3. The van der Waals surface area contributed by atoms with Crippen LogP contribution in [0.25, 0.3) is 10.2 Å². The normalized spacial score (nSPS) is 11.1. The van der Waals surface area contributed by atoms with Crippen molar-refractivity contribution in [2.24, 2.45) is 0 Å². The van der Waals surface area contributed by atoms with Gasteiger partial charge in [0.25, 0.3) is 5.91 Å². The summed E-state index contributed by atoms with van der Waals surface area (Å²) in [6.45, 7) is 7.49. The molecule has 6 nitrogen and oxygen atoms in total. The molecule has 4 aromatic rings. The van der Waals surface area contributed by atoms with Gasteiger partial charge in [0.05, 0.1) is 16.5 Å². The molecule has 0 bridgehead atoms. The maximum atomic E-state index is 13.2. The lowest BCUT2D eigenvalue weighted by atomic mass is 10.1. The van der Waals surface area contributed by atoms with Crippen LogP contribution in [-0.2, 0) is 11.3 Å². The summed E-state index contributed by atoms with van der Waals surface area (Å²) in [7, 11) is 0. The second-order valence-corrected chi connectivity index (χ2v) is 8.71. The molecular weight excluding hydrogens is 408 g/mol. The minimum absolute atomic E-state index is 0.0257. The molecule has 0 aliphatic heterocycles. The second-order valence-electron chi connectivity index (χ2n) is 7.73. The minimum Gasteiger partial charge on any atom is -0.484 e. The smallest absolute Gasteiger partial charge is 0.266 e. The molecule has 0 aliphatic carbocycles. The molecular formula is C24H26N4O2S. The van der Waals surface area contributed by atoms with Crippen molar-refractivity contribution in [3.63, 3.8) is 0 Å². The van der Waals surface area contributed by atoms with Gasteiger partial charge in [0.2, 0.25) is 0 Å². The van der Waals surface area contributed by atoms with Crippen molar-refractivity contribution in [3.05, 3.63) is 71.8 Å². The zero-order valence-electron chi connectivity index (χ0n) is 18.0. The molecule has 2 heterocycles. The number of ether oxygens (including phenoxy) is 1. The Labute approximate surface area is 186 Å². The average Bonchev–Trinajstić information content (AvgIpc) is 3.40. The molecule has 0 fully saturated rings. The third kappa shape index (κ3) is 5.11. The van der Waals surface area contributed by atoms with Gasteiger partial charge in [0.15, 0.2) is 11.7 Å². The van der Waals surface area contributed by atoms with Gasteiger partial charge in [0.1, 0.15) is 5.75 Å². The number of carbonyl (C=O) groups excluding carboxylic acids is 1. The first-order valence-corrected chi connectivity index (χ1v) is 11.1. The van der Waals surface area contributed by atoms with Gasteiger partial charge in [0, 0.05) is 25.5 Å². The Bertz CT molecular complexity index is 1170. The topological polar surface area (TPSA) is 60.2 Å². The van der Waals surface area contributed by atoms with Crippen molar-refractivity contribution in [2.45, 2.75) is 33.7 Å². The van der Waals surface area contributed by atoms with Crippen LogP contribution in [0.2, 0.25) is 0 Å². The fourth-order valence-electron chi connectivity index (χ4n) is 3.50. The van der Waals surface area contributed by atoms with Gasteiger partial charge in [-0.1, -0.05) is 35.1 Å². The number of nitrogens with zero attached hydrogens (tertiary/aromatic N) is 4. The van der Waals surface area contributed by atoms with Crippen LogP contribution in [0.4, 0.5) is 5.13 Å². The highest BCUT2D eigenvalue weighted by Crippen LogP contribution is 2.32. The van der Waals surface area contributed by atoms with Crippen LogP contribution < -0.4 is 9.64 Å². The van der Waals surface area contributed by atoms with E-state index in [2.05, 4.69) is 31.0 Å². The number of benzene rings is 2. The third-order valence-corrected chi connectivity index (χ3v) is 6.31. The molecule has 7 heteroatoms. The molecule has 2 aromatic heterocycles. The molecule has 160 valence electrons. The van der Waals surface area contributed by atoms with Gasteiger partial charge in [-0.05, 0) is 56.5 Å². The number of anilines is 1. The quantitative estimate of drug-likeness (QED) is 0.395. The summed E-state index contributed by atoms with van der Waals surface area (Å²) in [4.78, 5) is 23.8. The third-order valence-electron chi connectivity index (χ3n) is 5.08. The molecule has 4 rings (SSSR count). The van der Waals surface area contributed by atoms with Gasteiger partial charge in [-0.2, -0.15) is 0 Å². The number of imidazole rings is 1. The average molecular weight is 435 g/mol. The van der Waals surface area contributed by atoms with E-state index in [1.54, 1.807) is 28.8 Å². The number of aryl methyl sites for hydroxylation is 4. The number of thiazole rings is 1. The van der Waals surface area contributed by atoms with Crippen LogP contribution in [-0.4, -0.2) is 33.6 Å². The Balaban J connectivity index is 1.53. The molecule has 2 aromatic carbocycles. The Kier molecular flexibility index (Phi) is 6.32. The number of fused-ring (bicyclic) bond motifs is 1. The van der Waals surface area contributed by atoms with Crippen molar-refractivity contribution in [3.8, 4) is 5.75 Å². The molecule has 0 saturated carbocycles. The summed E-state index contributed by atoms with van der Waals surface area (Å²) in [6.07, 6.45) is 6.27. The van der Waals surface area contributed by atoms with E-state index in [-0.39, 0.29) is 12.5 Å². The fraction of sp³-hybridized carbons (Fsp3) is 0.292. The van der Waals surface area contributed by atoms with E-state index in [1.165, 1.54) is 11.1 Å². The number of amides is 1. The number of hydrogen-bond donors (Lipinski definition) is 0. The molecule has 0 radical (unpaired) electrons. The first kappa shape index (κ1) is 21.1. The largest absolute Gasteiger partial charge is 0.484 e. The van der Waals surface area contributed by atoms with E-state index in [0.29, 0.717) is 17.4 Å². The van der Waals surface area contributed by atoms with E-state index < -0.39 is 0 Å². The molecule has 0 atom stereocenters. The lowest BCUT2D eigenvalue weighted by Crippen LogP contribution is -2.36. The predicted octanol–water partition coefficient (Wildman–Crippen LogP) is 4.92. The molecule has 0 unspecified atom stereocenters. The molecule has 0 N–H and O–H groups in total. The summed E-state index contributed by atoms with van der Waals surface area (Å²) in [5, 5.41) is 0.715. The van der Waals surface area contributed by atoms with Crippen LogP contribution in [0, 0.1) is 20.8 Å². The Morgan fingerprint density at radius 3 is 2.68 bits per heavy atom. The maximum Gasteiger partial charge on any atom is 0.266 e. The maximum absolute atomic E-state index is 13.2. The first-order valence-electron chi connectivity index (χ1n) is 10.3. The van der Waals surface area contributed by atoms with Crippen molar-refractivity contribution in [1.82, 2.24) is 14.5 Å². The van der Waals surface area contributed by atoms with Crippen LogP contribution in [0.15, 0.2) is 55.1 Å². The van der Waals surface area contributed by atoms with E-state index in [0.717, 1.165) is 28.7 Å². The Morgan fingerprint density at radius 2 is 1.94 bits per heavy atom. The monoisotopic (exact) mass is 434 g/mol. The summed E-state index contributed by atoms with van der Waals surface area (Å²) < 4.78 is 8.89. The van der Waals surface area contributed by atoms with Crippen molar-refractivity contribution < 1.29 is 9.53 Å². The summed E-state index contributed by atoms with van der Waals surface area (Å²) in [5.74, 6) is 0.590. The van der Waals surface area contributed by atoms with E-state index in [4.69, 9.17) is 9.72 Å². The summed E-state index contributed by atoms with van der Waals surface area (Å²) in [5.41, 5.74) is 4.44. The summed E-state index contributed by atoms with van der Waals surface area (Å²) in [6, 6.07) is 11.9. The molecule has 0 aliphatic rings. The molecule has 0 saturated heterocycles. The van der Waals surface area contributed by atoms with E-state index in [1.807, 2.05) is 42.0 Å². The SMILES string of the molecule is Cc1ccc(OCC(=O)N(CCCn2ccnc2)c2nc3cc(C)cc(C)c3s2)cc1. The molecule has 31 heavy (non-hydrogen) atoms. The molecule has 1 amide bonds. The Morgan fingerprint density at radius 1 is 1.13 bits per heavy atom. The zero-order valence-corrected chi connectivity index (χ0v) is 18.9. The van der Waals surface area contributed by atoms with Gasteiger partial charge in [-0.15, -0.1) is 0 Å². The molecule has 0 spiro atoms. The predicted molar refractivity (Wildman–Crippen MR) is 125 cm³/mol. The van der Waals surface area contributed by atoms with Crippen LogP contribution in [0.5, 0.6) is 5.75 Å². The highest BCUT2D eigenvalue weighted by atomic mass is 32.1. The highest BCUT2D eigenvalue weighted by molar-refractivity contribution is 7.22. The number of aromatic nitrogens is 3. The van der Waals surface area contributed by atoms with Gasteiger partial charge in [-0.25, -0.2) is 9.97 Å². The van der Waals surface area contributed by atoms with Crippen molar-refractivity contribution in [1.29, 1.82) is 0 Å². The van der Waals surface area contributed by atoms with Crippen LogP contribution in [0.1, 0.15) is 23.1 Å². The number of rotatable bonds is 8. The fourth-order valence-corrected chi connectivity index (χ4v) is 4.55. The zero-order chi connectivity index (χ0) is 21.8. The van der Waals surface area contributed by atoms with Crippen molar-refractivity contribution >= 4 is 32.6 Å². The van der Waals surface area contributed by atoms with Crippen LogP contribution >= 0.6 is 11.3 Å². The Hall–Kier alpha value is -3.19. The van der Waals surface area contributed by atoms with E-state index >= 15 is 0 Å². The highest BCUT2D eigenvalue weighted by Gasteiger charge is 2.21. The summed E-state index contributed by atoms with van der Waals surface area (Å²) >= 11 is 1.56. The first-order chi connectivity index (χ1) is 15.0. The van der Waals surface area contributed by atoms with Gasteiger partial charge >= 0.3 is 0 Å².